The van der Waals surface area contributed by atoms with Crippen molar-refractivity contribution in [2.75, 3.05) is 25.7 Å². The number of benzene rings is 1. The smallest absolute Gasteiger partial charge is 0.338 e. The van der Waals surface area contributed by atoms with E-state index in [1.165, 1.54) is 19.1 Å². The average Bonchev–Trinajstić information content (AvgIpc) is 2.81. The molecule has 0 aromatic heterocycles. The minimum Gasteiger partial charge on any atom is -0.497 e. The fourth-order valence-corrected chi connectivity index (χ4v) is 2.19. The van der Waals surface area contributed by atoms with Crippen LogP contribution in [-0.2, 0) is 14.3 Å². The summed E-state index contributed by atoms with van der Waals surface area (Å²) >= 11 is 0. The van der Waals surface area contributed by atoms with E-state index in [9.17, 15) is 9.59 Å². The highest BCUT2D eigenvalue weighted by molar-refractivity contribution is 6.09. The first kappa shape index (κ1) is 15.7. The number of methoxy groups -OCH3 is 2. The lowest BCUT2D eigenvalue weighted by Gasteiger charge is -2.19. The summed E-state index contributed by atoms with van der Waals surface area (Å²) < 4.78 is 15.3. The molecule has 0 fully saturated rings. The number of nitrogens with zero attached hydrogens (tertiary/aromatic N) is 1. The van der Waals surface area contributed by atoms with Crippen LogP contribution in [0.2, 0.25) is 0 Å². The van der Waals surface area contributed by atoms with E-state index in [4.69, 9.17) is 19.9 Å². The van der Waals surface area contributed by atoms with Gasteiger partial charge in [-0.15, -0.1) is 0 Å². The third-order valence-corrected chi connectivity index (χ3v) is 3.24. The lowest BCUT2D eigenvalue weighted by Crippen LogP contribution is -2.28. The van der Waals surface area contributed by atoms with Gasteiger partial charge >= 0.3 is 5.97 Å². The Hall–Kier alpha value is -2.70. The topological polar surface area (TPSA) is 91.1 Å². The number of carbonyl (C=O) groups is 2. The maximum atomic E-state index is 12.2. The third kappa shape index (κ3) is 2.83. The molecule has 0 bridgehead atoms. The van der Waals surface area contributed by atoms with Gasteiger partial charge < -0.3 is 19.9 Å². The molecule has 118 valence electrons. The van der Waals surface area contributed by atoms with E-state index in [1.807, 2.05) is 0 Å². The largest absolute Gasteiger partial charge is 0.497 e. The van der Waals surface area contributed by atoms with Crippen LogP contribution in [0.5, 0.6) is 11.5 Å². The van der Waals surface area contributed by atoms with Gasteiger partial charge in [-0.3, -0.25) is 9.69 Å². The van der Waals surface area contributed by atoms with E-state index in [1.54, 1.807) is 25.1 Å². The van der Waals surface area contributed by atoms with Crippen molar-refractivity contribution in [1.82, 2.24) is 0 Å². The number of ether oxygens (including phenoxy) is 3. The zero-order chi connectivity index (χ0) is 16.3. The number of amides is 1. The predicted molar refractivity (Wildman–Crippen MR) is 79.5 cm³/mol. The van der Waals surface area contributed by atoms with Gasteiger partial charge in [0.25, 0.3) is 0 Å². The fourth-order valence-electron chi connectivity index (χ4n) is 2.19. The first-order valence-corrected chi connectivity index (χ1v) is 6.73. The molecule has 7 heteroatoms. The van der Waals surface area contributed by atoms with Crippen LogP contribution in [0.15, 0.2) is 29.6 Å². The van der Waals surface area contributed by atoms with Crippen LogP contribution >= 0.6 is 0 Å². The Kier molecular flexibility index (Phi) is 4.55. The second-order valence-corrected chi connectivity index (χ2v) is 4.56. The molecular weight excluding hydrogens is 288 g/mol. The standard InChI is InChI=1S/C15H18N2O5/c1-4-22-15(19)12-8-13(18)17(14(12)16)9-5-10(20-2)7-11(6-9)21-3/h5-7H,4,8,16H2,1-3H3. The Bertz CT molecular complexity index is 617. The molecule has 0 saturated carbocycles. The molecular formula is C15H18N2O5. The average molecular weight is 306 g/mol. The molecule has 0 saturated heterocycles. The first-order valence-electron chi connectivity index (χ1n) is 6.73. The minimum atomic E-state index is -0.578. The third-order valence-electron chi connectivity index (χ3n) is 3.24. The van der Waals surface area contributed by atoms with E-state index in [0.717, 1.165) is 0 Å². The summed E-state index contributed by atoms with van der Waals surface area (Å²) in [6.45, 7) is 1.91. The van der Waals surface area contributed by atoms with Gasteiger partial charge in [0.2, 0.25) is 5.91 Å². The van der Waals surface area contributed by atoms with Crippen LogP contribution in [-0.4, -0.2) is 32.7 Å². The summed E-state index contributed by atoms with van der Waals surface area (Å²) in [5.41, 5.74) is 6.59. The monoisotopic (exact) mass is 306 g/mol. The van der Waals surface area contributed by atoms with E-state index in [-0.39, 0.29) is 30.3 Å². The molecule has 22 heavy (non-hydrogen) atoms. The Balaban J connectivity index is 2.43. The van der Waals surface area contributed by atoms with Crippen LogP contribution in [0.4, 0.5) is 5.69 Å². The van der Waals surface area contributed by atoms with Crippen molar-refractivity contribution >= 4 is 17.6 Å². The van der Waals surface area contributed by atoms with Gasteiger partial charge in [0, 0.05) is 18.2 Å². The minimum absolute atomic E-state index is 0.0683. The quantitative estimate of drug-likeness (QED) is 0.821. The highest BCUT2D eigenvalue weighted by atomic mass is 16.5. The number of rotatable bonds is 5. The molecule has 1 amide bonds. The van der Waals surface area contributed by atoms with Crippen LogP contribution < -0.4 is 20.1 Å². The molecule has 1 aromatic carbocycles. The highest BCUT2D eigenvalue weighted by Crippen LogP contribution is 2.34. The van der Waals surface area contributed by atoms with E-state index < -0.39 is 5.97 Å². The fraction of sp³-hybridized carbons (Fsp3) is 0.333. The Morgan fingerprint density at radius 1 is 1.23 bits per heavy atom. The number of hydrogen-bond acceptors (Lipinski definition) is 6. The Labute approximate surface area is 128 Å². The molecule has 0 spiro atoms. The lowest BCUT2D eigenvalue weighted by atomic mass is 10.2. The van der Waals surface area contributed by atoms with Gasteiger partial charge in [0.1, 0.15) is 17.3 Å². The van der Waals surface area contributed by atoms with Crippen molar-refractivity contribution in [3.8, 4) is 11.5 Å². The van der Waals surface area contributed by atoms with Crippen LogP contribution in [0.1, 0.15) is 13.3 Å². The molecule has 0 radical (unpaired) electrons. The summed E-state index contributed by atoms with van der Waals surface area (Å²) in [5.74, 6) is 0.208. The molecule has 0 atom stereocenters. The Morgan fingerprint density at radius 3 is 2.32 bits per heavy atom. The molecule has 0 unspecified atom stereocenters. The summed E-state index contributed by atoms with van der Waals surface area (Å²) in [6, 6.07) is 4.96. The van der Waals surface area contributed by atoms with Crippen molar-refractivity contribution in [3.05, 3.63) is 29.6 Å². The summed E-state index contributed by atoms with van der Waals surface area (Å²) in [6.07, 6.45) is -0.0931. The van der Waals surface area contributed by atoms with Crippen LogP contribution in [0, 0.1) is 0 Å². The maximum absolute atomic E-state index is 12.2. The van der Waals surface area contributed by atoms with Crippen LogP contribution in [0.25, 0.3) is 0 Å². The van der Waals surface area contributed by atoms with Gasteiger partial charge in [-0.2, -0.15) is 0 Å². The highest BCUT2D eigenvalue weighted by Gasteiger charge is 2.34. The number of carbonyl (C=O) groups excluding carboxylic acids is 2. The predicted octanol–water partition coefficient (Wildman–Crippen LogP) is 1.17. The number of esters is 1. The number of hydrogen-bond donors (Lipinski definition) is 1. The molecule has 1 aliphatic heterocycles. The summed E-state index contributed by atoms with van der Waals surface area (Å²) in [4.78, 5) is 25.3. The number of nitrogens with two attached hydrogens (primary N) is 1. The number of anilines is 1. The van der Waals surface area contributed by atoms with Gasteiger partial charge in [0.15, 0.2) is 0 Å². The lowest BCUT2D eigenvalue weighted by molar-refractivity contribution is -0.139. The molecule has 1 aromatic rings. The zero-order valence-electron chi connectivity index (χ0n) is 12.7. The van der Waals surface area contributed by atoms with Gasteiger partial charge in [-0.05, 0) is 6.92 Å². The van der Waals surface area contributed by atoms with Gasteiger partial charge in [0.05, 0.1) is 38.5 Å². The zero-order valence-corrected chi connectivity index (χ0v) is 12.7. The second kappa shape index (κ2) is 6.38. The molecule has 0 aliphatic carbocycles. The van der Waals surface area contributed by atoms with E-state index in [2.05, 4.69) is 0 Å². The van der Waals surface area contributed by atoms with Gasteiger partial charge in [-0.25, -0.2) is 4.79 Å². The molecule has 1 heterocycles. The SMILES string of the molecule is CCOC(=O)C1=C(N)N(c2cc(OC)cc(OC)c2)C(=O)C1. The summed E-state index contributed by atoms with van der Waals surface area (Å²) in [5, 5.41) is 0. The van der Waals surface area contributed by atoms with E-state index in [0.29, 0.717) is 17.2 Å². The molecule has 2 rings (SSSR count). The van der Waals surface area contributed by atoms with Gasteiger partial charge in [-0.1, -0.05) is 0 Å². The first-order chi connectivity index (χ1) is 10.5. The van der Waals surface area contributed by atoms with Crippen LogP contribution in [0.3, 0.4) is 0 Å². The Morgan fingerprint density at radius 2 is 1.82 bits per heavy atom. The van der Waals surface area contributed by atoms with Crippen molar-refractivity contribution < 1.29 is 23.8 Å². The summed E-state index contributed by atoms with van der Waals surface area (Å²) in [7, 11) is 3.02. The van der Waals surface area contributed by atoms with Crippen molar-refractivity contribution in [2.24, 2.45) is 5.73 Å². The molecule has 7 nitrogen and oxygen atoms in total. The van der Waals surface area contributed by atoms with Crippen molar-refractivity contribution in [1.29, 1.82) is 0 Å². The second-order valence-electron chi connectivity index (χ2n) is 4.56. The normalized spacial score (nSPS) is 14.3. The van der Waals surface area contributed by atoms with Crippen molar-refractivity contribution in [2.45, 2.75) is 13.3 Å². The van der Waals surface area contributed by atoms with Crippen molar-refractivity contribution in [3.63, 3.8) is 0 Å². The maximum Gasteiger partial charge on any atom is 0.338 e. The molecule has 1 aliphatic rings. The molecule has 2 N–H and O–H groups in total. The van der Waals surface area contributed by atoms with E-state index >= 15 is 0 Å².